The number of nitro benzene ring substituents is 1. The minimum Gasteiger partial charge on any atom is -0.339 e. The molecular weight excluding hydrogens is 277 g/mol. The Kier molecular flexibility index (Phi) is 4.85. The van der Waals surface area contributed by atoms with Crippen molar-refractivity contribution in [3.05, 3.63) is 39.7 Å². The molecule has 0 aromatic heterocycles. The second kappa shape index (κ2) is 6.62. The fraction of sp³-hybridized carbons (Fsp3) is 0.500. The molecule has 1 fully saturated rings. The summed E-state index contributed by atoms with van der Waals surface area (Å²) >= 11 is 0. The number of nitrogens with one attached hydrogen (secondary N) is 1. The van der Waals surface area contributed by atoms with E-state index in [4.69, 9.17) is 0 Å². The number of amides is 1. The van der Waals surface area contributed by atoms with E-state index in [9.17, 15) is 19.3 Å². The highest BCUT2D eigenvalue weighted by atomic mass is 19.1. The van der Waals surface area contributed by atoms with Gasteiger partial charge in [0, 0.05) is 19.2 Å². The average Bonchev–Trinajstić information content (AvgIpc) is 2.47. The van der Waals surface area contributed by atoms with Gasteiger partial charge in [0.2, 0.25) is 0 Å². The third-order valence-corrected chi connectivity index (χ3v) is 3.79. The highest BCUT2D eigenvalue weighted by molar-refractivity contribution is 5.94. The zero-order valence-corrected chi connectivity index (χ0v) is 11.8. The zero-order chi connectivity index (χ0) is 15.4. The lowest BCUT2D eigenvalue weighted by molar-refractivity contribution is -0.385. The van der Waals surface area contributed by atoms with Crippen molar-refractivity contribution in [2.24, 2.45) is 5.92 Å². The summed E-state index contributed by atoms with van der Waals surface area (Å²) in [7, 11) is 1.89. The lowest BCUT2D eigenvalue weighted by Gasteiger charge is -2.32. The molecule has 1 heterocycles. The first-order chi connectivity index (χ1) is 10.0. The Morgan fingerprint density at radius 1 is 1.48 bits per heavy atom. The van der Waals surface area contributed by atoms with Crippen LogP contribution in [0.2, 0.25) is 0 Å². The van der Waals surface area contributed by atoms with Gasteiger partial charge < -0.3 is 10.2 Å². The van der Waals surface area contributed by atoms with Crippen LogP contribution in [0.15, 0.2) is 18.2 Å². The van der Waals surface area contributed by atoms with Gasteiger partial charge in [-0.2, -0.15) is 0 Å². The van der Waals surface area contributed by atoms with Gasteiger partial charge in [0.15, 0.2) is 0 Å². The van der Waals surface area contributed by atoms with Crippen molar-refractivity contribution in [3.63, 3.8) is 0 Å². The molecule has 1 aromatic rings. The Morgan fingerprint density at radius 3 is 2.67 bits per heavy atom. The number of benzene rings is 1. The molecule has 1 aromatic carbocycles. The number of carbonyl (C=O) groups excluding carboxylic acids is 1. The van der Waals surface area contributed by atoms with Crippen molar-refractivity contribution < 1.29 is 14.1 Å². The van der Waals surface area contributed by atoms with E-state index in [0.29, 0.717) is 19.0 Å². The number of halogens is 1. The molecule has 2 rings (SSSR count). The zero-order valence-electron chi connectivity index (χ0n) is 11.8. The molecule has 0 bridgehead atoms. The molecule has 0 spiro atoms. The quantitative estimate of drug-likeness (QED) is 0.679. The number of rotatable bonds is 4. The Labute approximate surface area is 122 Å². The normalized spacial score (nSPS) is 16.0. The van der Waals surface area contributed by atoms with E-state index in [0.717, 1.165) is 31.5 Å². The van der Waals surface area contributed by atoms with Crippen LogP contribution in [-0.4, -0.2) is 42.4 Å². The first-order valence-corrected chi connectivity index (χ1v) is 6.90. The third kappa shape index (κ3) is 3.55. The van der Waals surface area contributed by atoms with Crippen LogP contribution in [0.5, 0.6) is 0 Å². The Balaban J connectivity index is 2.06. The maximum absolute atomic E-state index is 13.9. The van der Waals surface area contributed by atoms with E-state index in [1.807, 2.05) is 7.05 Å². The summed E-state index contributed by atoms with van der Waals surface area (Å²) < 4.78 is 13.9. The molecule has 6 nitrogen and oxygen atoms in total. The minimum absolute atomic E-state index is 0.104. The van der Waals surface area contributed by atoms with Crippen molar-refractivity contribution >= 4 is 11.6 Å². The molecule has 7 heteroatoms. The highest BCUT2D eigenvalue weighted by Crippen LogP contribution is 2.21. The van der Waals surface area contributed by atoms with Crippen LogP contribution in [0.4, 0.5) is 10.1 Å². The third-order valence-electron chi connectivity index (χ3n) is 3.79. The molecule has 0 radical (unpaired) electrons. The maximum Gasteiger partial charge on any atom is 0.272 e. The summed E-state index contributed by atoms with van der Waals surface area (Å²) in [6.45, 7) is 2.08. The van der Waals surface area contributed by atoms with Gasteiger partial charge in [-0.15, -0.1) is 0 Å². The Hall–Kier alpha value is -2.02. The Bertz CT molecular complexity index is 542. The second-order valence-electron chi connectivity index (χ2n) is 5.21. The van der Waals surface area contributed by atoms with Crippen molar-refractivity contribution in [3.8, 4) is 0 Å². The molecule has 1 aliphatic rings. The number of nitro groups is 1. The smallest absolute Gasteiger partial charge is 0.272 e. The van der Waals surface area contributed by atoms with Gasteiger partial charge in [-0.1, -0.05) is 0 Å². The summed E-state index contributed by atoms with van der Waals surface area (Å²) in [6.07, 6.45) is 1.75. The number of nitrogens with zero attached hydrogens (tertiary/aromatic N) is 2. The van der Waals surface area contributed by atoms with Crippen molar-refractivity contribution in [2.75, 3.05) is 26.7 Å². The van der Waals surface area contributed by atoms with E-state index < -0.39 is 16.6 Å². The molecule has 1 saturated heterocycles. The second-order valence-corrected chi connectivity index (χ2v) is 5.21. The van der Waals surface area contributed by atoms with Crippen LogP contribution in [0.1, 0.15) is 23.2 Å². The standard InChI is InChI=1S/C14H18FN3O3/c1-16-9-10-4-6-17(7-5-10)14(19)12-3-2-11(18(20)21)8-13(12)15/h2-3,8,10,16H,4-7,9H2,1H3. The summed E-state index contributed by atoms with van der Waals surface area (Å²) in [4.78, 5) is 23.8. The van der Waals surface area contributed by atoms with Crippen molar-refractivity contribution in [1.29, 1.82) is 0 Å². The summed E-state index contributed by atoms with van der Waals surface area (Å²) in [5, 5.41) is 13.7. The van der Waals surface area contributed by atoms with Gasteiger partial charge in [0.05, 0.1) is 16.6 Å². The molecule has 1 aliphatic heterocycles. The molecular formula is C14H18FN3O3. The Morgan fingerprint density at radius 2 is 2.14 bits per heavy atom. The maximum atomic E-state index is 13.9. The van der Waals surface area contributed by atoms with Crippen LogP contribution in [0.25, 0.3) is 0 Å². The van der Waals surface area contributed by atoms with Gasteiger partial charge in [0.1, 0.15) is 5.82 Å². The molecule has 0 aliphatic carbocycles. The van der Waals surface area contributed by atoms with Crippen LogP contribution >= 0.6 is 0 Å². The highest BCUT2D eigenvalue weighted by Gasteiger charge is 2.25. The van der Waals surface area contributed by atoms with Crippen LogP contribution < -0.4 is 5.32 Å². The van der Waals surface area contributed by atoms with Crippen LogP contribution in [0.3, 0.4) is 0 Å². The predicted octanol–water partition coefficient (Wildman–Crippen LogP) is 1.81. The lowest BCUT2D eigenvalue weighted by Crippen LogP contribution is -2.40. The van der Waals surface area contributed by atoms with Gasteiger partial charge >= 0.3 is 0 Å². The largest absolute Gasteiger partial charge is 0.339 e. The van der Waals surface area contributed by atoms with Gasteiger partial charge in [-0.3, -0.25) is 14.9 Å². The monoisotopic (exact) mass is 295 g/mol. The average molecular weight is 295 g/mol. The van der Waals surface area contributed by atoms with Gasteiger partial charge in [-0.05, 0) is 38.4 Å². The number of carbonyl (C=O) groups is 1. The van der Waals surface area contributed by atoms with Crippen molar-refractivity contribution in [1.82, 2.24) is 10.2 Å². The van der Waals surface area contributed by atoms with E-state index in [1.165, 1.54) is 6.07 Å². The summed E-state index contributed by atoms with van der Waals surface area (Å²) in [5.41, 5.74) is -0.454. The number of hydrogen-bond donors (Lipinski definition) is 1. The van der Waals surface area contributed by atoms with Crippen LogP contribution in [-0.2, 0) is 0 Å². The fourth-order valence-electron chi connectivity index (χ4n) is 2.59. The van der Waals surface area contributed by atoms with E-state index in [1.54, 1.807) is 4.90 Å². The minimum atomic E-state index is -0.841. The molecule has 114 valence electrons. The van der Waals surface area contributed by atoms with Gasteiger partial charge in [-0.25, -0.2) is 4.39 Å². The fourth-order valence-corrected chi connectivity index (χ4v) is 2.59. The number of hydrogen-bond acceptors (Lipinski definition) is 4. The SMILES string of the molecule is CNCC1CCN(C(=O)c2ccc([N+](=O)[O-])cc2F)CC1. The first kappa shape index (κ1) is 15.4. The predicted molar refractivity (Wildman–Crippen MR) is 75.6 cm³/mol. The summed E-state index contributed by atoms with van der Waals surface area (Å²) in [6, 6.07) is 3.14. The molecule has 0 saturated carbocycles. The molecule has 0 unspecified atom stereocenters. The molecule has 1 amide bonds. The summed E-state index contributed by atoms with van der Waals surface area (Å²) in [5.74, 6) is -0.711. The van der Waals surface area contributed by atoms with E-state index in [-0.39, 0.29) is 11.3 Å². The number of non-ortho nitro benzene ring substituents is 1. The van der Waals surface area contributed by atoms with Crippen LogP contribution in [0, 0.1) is 21.8 Å². The van der Waals surface area contributed by atoms with E-state index >= 15 is 0 Å². The van der Waals surface area contributed by atoms with Gasteiger partial charge in [0.25, 0.3) is 11.6 Å². The lowest BCUT2D eigenvalue weighted by atomic mass is 9.96. The molecule has 21 heavy (non-hydrogen) atoms. The molecule has 0 atom stereocenters. The number of piperidine rings is 1. The number of likely N-dealkylation sites (tertiary alicyclic amines) is 1. The van der Waals surface area contributed by atoms with E-state index in [2.05, 4.69) is 5.32 Å². The topological polar surface area (TPSA) is 75.5 Å². The molecule has 1 N–H and O–H groups in total. The van der Waals surface area contributed by atoms with Crippen molar-refractivity contribution in [2.45, 2.75) is 12.8 Å². The first-order valence-electron chi connectivity index (χ1n) is 6.90.